The van der Waals surface area contributed by atoms with Crippen LogP contribution in [0.15, 0.2) is 36.4 Å². The number of rotatable bonds is 4. The van der Waals surface area contributed by atoms with E-state index < -0.39 is 10.9 Å². The first-order valence-electron chi connectivity index (χ1n) is 5.63. The van der Waals surface area contributed by atoms with Crippen LogP contribution in [0.1, 0.15) is 10.4 Å². The van der Waals surface area contributed by atoms with E-state index >= 15 is 0 Å². The number of nitro benzene ring substituents is 1. The van der Waals surface area contributed by atoms with Crippen molar-refractivity contribution in [2.45, 2.75) is 0 Å². The summed E-state index contributed by atoms with van der Waals surface area (Å²) in [5, 5.41) is 23.3. The lowest BCUT2D eigenvalue weighted by Gasteiger charge is -2.11. The molecule has 0 aromatic heterocycles. The maximum Gasteiger partial charge on any atom is 0.338 e. The molecule has 0 aliphatic heterocycles. The van der Waals surface area contributed by atoms with Crippen LogP contribution in [0.25, 0.3) is 0 Å². The molecule has 0 saturated heterocycles. The highest BCUT2D eigenvalue weighted by molar-refractivity contribution is 14.1. The predicted molar refractivity (Wildman–Crippen MR) is 87.5 cm³/mol. The minimum Gasteiger partial charge on any atom is -0.478 e. The summed E-state index contributed by atoms with van der Waals surface area (Å²) >= 11 is 8.13. The maximum atomic E-state index is 11.2. The summed E-state index contributed by atoms with van der Waals surface area (Å²) < 4.78 is 0.893. The van der Waals surface area contributed by atoms with Gasteiger partial charge >= 0.3 is 5.97 Å². The summed E-state index contributed by atoms with van der Waals surface area (Å²) in [5.41, 5.74) is -0.227. The number of halogens is 2. The van der Waals surface area contributed by atoms with Crippen molar-refractivity contribution in [3.63, 3.8) is 0 Å². The molecule has 0 radical (unpaired) electrons. The van der Waals surface area contributed by atoms with Crippen molar-refractivity contribution in [2.75, 3.05) is 5.32 Å². The maximum absolute atomic E-state index is 11.2. The molecule has 21 heavy (non-hydrogen) atoms. The van der Waals surface area contributed by atoms with Gasteiger partial charge in [0.2, 0.25) is 0 Å². The van der Waals surface area contributed by atoms with Crippen LogP contribution in [0, 0.1) is 13.7 Å². The third-order valence-corrected chi connectivity index (χ3v) is 3.64. The Morgan fingerprint density at radius 1 is 1.33 bits per heavy atom. The van der Waals surface area contributed by atoms with Gasteiger partial charge in [-0.15, -0.1) is 0 Å². The van der Waals surface area contributed by atoms with Crippen LogP contribution < -0.4 is 5.32 Å². The molecule has 0 saturated carbocycles. The Balaban J connectivity index is 2.56. The molecule has 2 N–H and O–H groups in total. The van der Waals surface area contributed by atoms with Crippen LogP contribution in [0.3, 0.4) is 0 Å². The summed E-state index contributed by atoms with van der Waals surface area (Å²) in [5.74, 6) is -1.26. The zero-order valence-electron chi connectivity index (χ0n) is 10.3. The molecule has 0 atom stereocenters. The first-order valence-corrected chi connectivity index (χ1v) is 7.08. The molecule has 0 unspecified atom stereocenters. The van der Waals surface area contributed by atoms with E-state index in [-0.39, 0.29) is 16.9 Å². The van der Waals surface area contributed by atoms with Gasteiger partial charge in [0.15, 0.2) is 0 Å². The van der Waals surface area contributed by atoms with Gasteiger partial charge in [-0.2, -0.15) is 0 Å². The van der Waals surface area contributed by atoms with Crippen LogP contribution in [-0.4, -0.2) is 16.0 Å². The zero-order valence-corrected chi connectivity index (χ0v) is 13.3. The molecule has 2 rings (SSSR count). The van der Waals surface area contributed by atoms with Gasteiger partial charge in [0.1, 0.15) is 5.69 Å². The first kappa shape index (κ1) is 15.5. The Bertz CT molecular complexity index is 704. The lowest BCUT2D eigenvalue weighted by Crippen LogP contribution is -2.06. The van der Waals surface area contributed by atoms with Gasteiger partial charge in [0, 0.05) is 9.64 Å². The molecular weight excluding hydrogens is 411 g/mol. The number of nitro groups is 1. The van der Waals surface area contributed by atoms with Gasteiger partial charge in [-0.3, -0.25) is 10.1 Å². The zero-order chi connectivity index (χ0) is 15.6. The van der Waals surface area contributed by atoms with E-state index in [0.717, 1.165) is 3.57 Å². The number of carbonyl (C=O) groups is 1. The number of hydrogen-bond donors (Lipinski definition) is 2. The highest BCUT2D eigenvalue weighted by Crippen LogP contribution is 2.34. The quantitative estimate of drug-likeness (QED) is 0.439. The Morgan fingerprint density at radius 3 is 2.62 bits per heavy atom. The van der Waals surface area contributed by atoms with Gasteiger partial charge in [-0.05, 0) is 46.9 Å². The topological polar surface area (TPSA) is 92.5 Å². The fraction of sp³-hybridized carbons (Fsp3) is 0. The van der Waals surface area contributed by atoms with Crippen LogP contribution in [-0.2, 0) is 0 Å². The average Bonchev–Trinajstić information content (AvgIpc) is 2.41. The molecule has 0 aliphatic rings. The number of carboxylic acid groups (broad SMARTS) is 1. The molecular formula is C13H8ClIN2O4. The minimum atomic E-state index is -1.26. The Labute approximate surface area is 138 Å². The molecule has 2 aromatic rings. The molecule has 0 bridgehead atoms. The largest absolute Gasteiger partial charge is 0.478 e. The average molecular weight is 419 g/mol. The third kappa shape index (κ3) is 3.42. The molecule has 6 nitrogen and oxygen atoms in total. The smallest absolute Gasteiger partial charge is 0.338 e. The molecule has 0 amide bonds. The van der Waals surface area contributed by atoms with Crippen molar-refractivity contribution >= 4 is 57.2 Å². The molecule has 0 heterocycles. The number of nitrogens with zero attached hydrogens (tertiary/aromatic N) is 1. The molecule has 0 fully saturated rings. The number of nitrogens with one attached hydrogen (secondary N) is 1. The number of anilines is 2. The van der Waals surface area contributed by atoms with E-state index in [1.54, 1.807) is 18.2 Å². The van der Waals surface area contributed by atoms with Crippen molar-refractivity contribution in [3.8, 4) is 0 Å². The van der Waals surface area contributed by atoms with Crippen LogP contribution >= 0.6 is 34.2 Å². The Morgan fingerprint density at radius 2 is 2.05 bits per heavy atom. The number of aromatic carboxylic acids is 1. The summed E-state index contributed by atoms with van der Waals surface area (Å²) in [6.45, 7) is 0. The van der Waals surface area contributed by atoms with Gasteiger partial charge in [0.25, 0.3) is 5.69 Å². The second-order valence-corrected chi connectivity index (χ2v) is 5.66. The fourth-order valence-corrected chi connectivity index (χ4v) is 2.63. The van der Waals surface area contributed by atoms with Gasteiger partial charge < -0.3 is 10.4 Å². The van der Waals surface area contributed by atoms with Crippen LogP contribution in [0.4, 0.5) is 17.1 Å². The Kier molecular flexibility index (Phi) is 4.63. The summed E-state index contributed by atoms with van der Waals surface area (Å²) in [7, 11) is 0. The lowest BCUT2D eigenvalue weighted by atomic mass is 10.1. The molecule has 108 valence electrons. The number of hydrogen-bond acceptors (Lipinski definition) is 4. The van der Waals surface area contributed by atoms with Gasteiger partial charge in [-0.1, -0.05) is 17.7 Å². The standard InChI is InChI=1S/C13H8ClIN2O4/c14-9-6-7(15)4-5-10(9)16-12-8(13(18)19)2-1-3-11(12)17(20)21/h1-6,16H,(H,18,19). The lowest BCUT2D eigenvalue weighted by molar-refractivity contribution is -0.383. The fourth-order valence-electron chi connectivity index (χ4n) is 1.73. The van der Waals surface area contributed by atoms with Gasteiger partial charge in [0.05, 0.1) is 21.2 Å². The van der Waals surface area contributed by atoms with Crippen molar-refractivity contribution in [1.82, 2.24) is 0 Å². The van der Waals surface area contributed by atoms with E-state index in [2.05, 4.69) is 27.9 Å². The third-order valence-electron chi connectivity index (χ3n) is 2.66. The molecule has 0 spiro atoms. The molecule has 0 aliphatic carbocycles. The van der Waals surface area contributed by atoms with E-state index in [1.807, 2.05) is 0 Å². The van der Waals surface area contributed by atoms with Gasteiger partial charge in [-0.25, -0.2) is 4.79 Å². The molecule has 2 aromatic carbocycles. The van der Waals surface area contributed by atoms with E-state index in [4.69, 9.17) is 16.7 Å². The summed E-state index contributed by atoms with van der Waals surface area (Å²) in [6, 6.07) is 8.89. The van der Waals surface area contributed by atoms with Crippen molar-refractivity contribution < 1.29 is 14.8 Å². The van der Waals surface area contributed by atoms with E-state index in [9.17, 15) is 14.9 Å². The molecule has 8 heteroatoms. The highest BCUT2D eigenvalue weighted by Gasteiger charge is 2.22. The number of carboxylic acids is 1. The number of para-hydroxylation sites is 1. The second-order valence-electron chi connectivity index (χ2n) is 4.01. The Hall–Kier alpha value is -1.87. The SMILES string of the molecule is O=C(O)c1cccc([N+](=O)[O-])c1Nc1ccc(I)cc1Cl. The normalized spacial score (nSPS) is 10.2. The van der Waals surface area contributed by atoms with Crippen molar-refractivity contribution in [1.29, 1.82) is 0 Å². The highest BCUT2D eigenvalue weighted by atomic mass is 127. The predicted octanol–water partition coefficient (Wildman–Crippen LogP) is 4.29. The van der Waals surface area contributed by atoms with Crippen LogP contribution in [0.5, 0.6) is 0 Å². The van der Waals surface area contributed by atoms with E-state index in [0.29, 0.717) is 10.7 Å². The second kappa shape index (κ2) is 6.27. The monoisotopic (exact) mass is 418 g/mol. The summed E-state index contributed by atoms with van der Waals surface area (Å²) in [4.78, 5) is 21.6. The van der Waals surface area contributed by atoms with Crippen LogP contribution in [0.2, 0.25) is 5.02 Å². The minimum absolute atomic E-state index is 0.0990. The van der Waals surface area contributed by atoms with E-state index in [1.165, 1.54) is 18.2 Å². The first-order chi connectivity index (χ1) is 9.90. The number of benzene rings is 2. The van der Waals surface area contributed by atoms with Crippen molar-refractivity contribution in [3.05, 3.63) is 60.7 Å². The van der Waals surface area contributed by atoms with Crippen molar-refractivity contribution in [2.24, 2.45) is 0 Å². The summed E-state index contributed by atoms with van der Waals surface area (Å²) in [6.07, 6.45) is 0.